The highest BCUT2D eigenvalue weighted by Gasteiger charge is 2.29. The molecule has 0 aromatic heterocycles. The van der Waals surface area contributed by atoms with Crippen molar-refractivity contribution < 1.29 is 22.7 Å². The van der Waals surface area contributed by atoms with Gasteiger partial charge in [0.05, 0.1) is 23.9 Å². The number of alkyl halides is 3. The lowest BCUT2D eigenvalue weighted by molar-refractivity contribution is -0.137. The number of methoxy groups -OCH3 is 1. The van der Waals surface area contributed by atoms with Gasteiger partial charge in [0.2, 0.25) is 0 Å². The second kappa shape index (κ2) is 5.51. The predicted molar refractivity (Wildman–Crippen MR) is 59.7 cm³/mol. The fraction of sp³-hybridized carbons (Fsp3) is 0.250. The predicted octanol–water partition coefficient (Wildman–Crippen LogP) is 3.13. The van der Waals surface area contributed by atoms with Crippen LogP contribution in [0.2, 0.25) is 0 Å². The van der Waals surface area contributed by atoms with Gasteiger partial charge in [-0.15, -0.1) is 0 Å². The molecule has 0 N–H and O–H groups in total. The van der Waals surface area contributed by atoms with E-state index in [0.717, 1.165) is 12.1 Å². The Morgan fingerprint density at radius 1 is 1.28 bits per heavy atom. The van der Waals surface area contributed by atoms with Gasteiger partial charge >= 0.3 is 12.1 Å². The fourth-order valence-electron chi connectivity index (χ4n) is 1.07. The van der Waals surface area contributed by atoms with Gasteiger partial charge in [-0.2, -0.15) is 13.2 Å². The summed E-state index contributed by atoms with van der Waals surface area (Å²) < 4.78 is 41.2. The van der Waals surface area contributed by atoms with Crippen LogP contribution in [0.25, 0.3) is 0 Å². The maximum atomic E-state index is 12.3. The minimum absolute atomic E-state index is 0.136. The molecule has 0 saturated heterocycles. The van der Waals surface area contributed by atoms with E-state index in [1.807, 2.05) is 0 Å². The highest BCUT2D eigenvalue weighted by atomic mass is 19.4. The molecule has 0 heterocycles. The average molecular weight is 257 g/mol. The largest absolute Gasteiger partial charge is 0.465 e. The topological polar surface area (TPSA) is 38.7 Å². The number of esters is 1. The minimum Gasteiger partial charge on any atom is -0.465 e. The Bertz CT molecular complexity index is 497. The second-order valence-corrected chi connectivity index (χ2v) is 3.38. The molecular formula is C12H10F3NO2. The Morgan fingerprint density at radius 3 is 2.28 bits per heavy atom. The standard InChI is InChI=1S/C12H10F3NO2/c1-8(11(17)18-2)7-16-10-5-3-9(4-6-10)12(13,14)15/h3-6H,1-2H3. The van der Waals surface area contributed by atoms with Crippen LogP contribution in [0.1, 0.15) is 12.5 Å². The Morgan fingerprint density at radius 2 is 1.83 bits per heavy atom. The third-order valence-corrected chi connectivity index (χ3v) is 2.04. The van der Waals surface area contributed by atoms with Crippen molar-refractivity contribution in [2.75, 3.05) is 7.11 Å². The van der Waals surface area contributed by atoms with Crippen molar-refractivity contribution in [3.8, 4) is 0 Å². The van der Waals surface area contributed by atoms with Crippen LogP contribution in [0.5, 0.6) is 0 Å². The number of nitrogens with zero attached hydrogens (tertiary/aromatic N) is 1. The van der Waals surface area contributed by atoms with Crippen LogP contribution in [0.4, 0.5) is 18.9 Å². The molecule has 0 amide bonds. The number of aliphatic imine (C=N–C) groups is 1. The van der Waals surface area contributed by atoms with Crippen LogP contribution in [0.3, 0.4) is 0 Å². The molecule has 1 rings (SSSR count). The highest BCUT2D eigenvalue weighted by molar-refractivity contribution is 5.97. The van der Waals surface area contributed by atoms with Gasteiger partial charge in [-0.1, -0.05) is 0 Å². The van der Waals surface area contributed by atoms with Crippen LogP contribution < -0.4 is 0 Å². The number of rotatable bonds is 2. The van der Waals surface area contributed by atoms with E-state index < -0.39 is 17.7 Å². The van der Waals surface area contributed by atoms with Gasteiger partial charge in [0, 0.05) is 0 Å². The Hall–Kier alpha value is -2.07. The summed E-state index contributed by atoms with van der Waals surface area (Å²) in [5.74, 6) is 1.80. The molecule has 3 nitrogen and oxygen atoms in total. The van der Waals surface area contributed by atoms with Gasteiger partial charge in [-0.25, -0.2) is 9.79 Å². The van der Waals surface area contributed by atoms with Crippen LogP contribution in [-0.4, -0.2) is 18.9 Å². The molecule has 6 heteroatoms. The van der Waals surface area contributed by atoms with E-state index in [-0.39, 0.29) is 11.3 Å². The van der Waals surface area contributed by atoms with E-state index in [1.54, 1.807) is 0 Å². The third kappa shape index (κ3) is 3.75. The quantitative estimate of drug-likeness (QED) is 0.464. The van der Waals surface area contributed by atoms with Crippen molar-refractivity contribution in [2.24, 2.45) is 4.99 Å². The summed E-state index contributed by atoms with van der Waals surface area (Å²) in [7, 11) is 1.21. The van der Waals surface area contributed by atoms with Crippen molar-refractivity contribution >= 4 is 17.5 Å². The summed E-state index contributed by atoms with van der Waals surface area (Å²) in [5.41, 5.74) is -0.348. The van der Waals surface area contributed by atoms with Crippen LogP contribution in [0, 0.1) is 0 Å². The van der Waals surface area contributed by atoms with Crippen LogP contribution >= 0.6 is 0 Å². The molecule has 0 fully saturated rings. The van der Waals surface area contributed by atoms with Crippen molar-refractivity contribution in [1.29, 1.82) is 0 Å². The molecule has 0 radical (unpaired) electrons. The number of carbonyl (C=O) groups excluding carboxylic acids is 1. The number of halogens is 3. The molecule has 0 aliphatic carbocycles. The van der Waals surface area contributed by atoms with Gasteiger partial charge in [0.1, 0.15) is 0 Å². The third-order valence-electron chi connectivity index (χ3n) is 2.04. The van der Waals surface area contributed by atoms with E-state index in [4.69, 9.17) is 0 Å². The molecule has 0 spiro atoms. The molecule has 0 aliphatic rings. The lowest BCUT2D eigenvalue weighted by Crippen LogP contribution is -2.03. The number of carbonyl (C=O) groups is 1. The van der Waals surface area contributed by atoms with E-state index >= 15 is 0 Å². The normalized spacial score (nSPS) is 10.5. The lowest BCUT2D eigenvalue weighted by atomic mass is 10.2. The lowest BCUT2D eigenvalue weighted by Gasteiger charge is -2.05. The zero-order chi connectivity index (χ0) is 13.8. The molecule has 0 unspecified atom stereocenters. The molecule has 18 heavy (non-hydrogen) atoms. The highest BCUT2D eigenvalue weighted by Crippen LogP contribution is 2.30. The molecule has 1 aromatic rings. The molecule has 0 bridgehead atoms. The maximum Gasteiger partial charge on any atom is 0.416 e. The van der Waals surface area contributed by atoms with Gasteiger partial charge in [0.15, 0.2) is 0 Å². The van der Waals surface area contributed by atoms with E-state index in [1.165, 1.54) is 26.2 Å². The number of ether oxygens (including phenoxy) is 1. The molecule has 96 valence electrons. The van der Waals surface area contributed by atoms with Gasteiger partial charge < -0.3 is 4.74 Å². The van der Waals surface area contributed by atoms with E-state index in [2.05, 4.69) is 15.6 Å². The first-order valence-electron chi connectivity index (χ1n) is 4.90. The Balaban J connectivity index is 2.94. The summed E-state index contributed by atoms with van der Waals surface area (Å²) in [6.07, 6.45) is -4.37. The van der Waals surface area contributed by atoms with Crippen molar-refractivity contribution in [3.05, 3.63) is 35.4 Å². The summed E-state index contributed by atoms with van der Waals surface area (Å²) in [6.45, 7) is 1.44. The minimum atomic E-state index is -4.37. The summed E-state index contributed by atoms with van der Waals surface area (Å²) >= 11 is 0. The van der Waals surface area contributed by atoms with E-state index in [0.29, 0.717) is 0 Å². The Labute approximate surface area is 102 Å². The average Bonchev–Trinajstić information content (AvgIpc) is 2.34. The van der Waals surface area contributed by atoms with Gasteiger partial charge in [0.25, 0.3) is 0 Å². The second-order valence-electron chi connectivity index (χ2n) is 3.38. The van der Waals surface area contributed by atoms with Crippen LogP contribution in [-0.2, 0) is 15.7 Å². The summed E-state index contributed by atoms with van der Waals surface area (Å²) in [6, 6.07) is 4.21. The molecule has 0 aliphatic heterocycles. The molecular weight excluding hydrogens is 247 g/mol. The van der Waals surface area contributed by atoms with Crippen molar-refractivity contribution in [1.82, 2.24) is 0 Å². The fourth-order valence-corrected chi connectivity index (χ4v) is 1.07. The van der Waals surface area contributed by atoms with Gasteiger partial charge in [-0.05, 0) is 37.1 Å². The van der Waals surface area contributed by atoms with Crippen molar-refractivity contribution in [3.63, 3.8) is 0 Å². The monoisotopic (exact) mass is 257 g/mol. The van der Waals surface area contributed by atoms with E-state index in [9.17, 15) is 18.0 Å². The zero-order valence-corrected chi connectivity index (χ0v) is 9.71. The SMILES string of the molecule is COC(=O)C(C)=C=Nc1ccc(C(F)(F)F)cc1. The number of hydrogen-bond acceptors (Lipinski definition) is 3. The number of hydrogen-bond donors (Lipinski definition) is 0. The molecule has 0 saturated carbocycles. The zero-order valence-electron chi connectivity index (χ0n) is 9.71. The molecule has 1 aromatic carbocycles. The van der Waals surface area contributed by atoms with Gasteiger partial charge in [-0.3, -0.25) is 0 Å². The van der Waals surface area contributed by atoms with Crippen LogP contribution in [0.15, 0.2) is 34.8 Å². The smallest absolute Gasteiger partial charge is 0.416 e. The maximum absolute atomic E-state index is 12.3. The first-order chi connectivity index (χ1) is 8.34. The molecule has 0 atom stereocenters. The van der Waals surface area contributed by atoms with Crippen molar-refractivity contribution in [2.45, 2.75) is 13.1 Å². The summed E-state index contributed by atoms with van der Waals surface area (Å²) in [5, 5.41) is 0. The number of benzene rings is 1. The first kappa shape index (κ1) is 14.0. The first-order valence-corrected chi connectivity index (χ1v) is 4.90. The summed E-state index contributed by atoms with van der Waals surface area (Å²) in [4.78, 5) is 14.7. The Kier molecular flexibility index (Phi) is 4.28.